The highest BCUT2D eigenvalue weighted by Gasteiger charge is 2.53. The predicted octanol–water partition coefficient (Wildman–Crippen LogP) is 3.58. The molecule has 0 unspecified atom stereocenters. The number of hydrogen-bond acceptors (Lipinski definition) is 6. The number of urea groups is 1. The minimum absolute atomic E-state index is 0.0145. The largest absolute Gasteiger partial charge is 0.450 e. The van der Waals surface area contributed by atoms with Crippen molar-refractivity contribution in [2.75, 3.05) is 45.6 Å². The van der Waals surface area contributed by atoms with Crippen LogP contribution in [0.3, 0.4) is 0 Å². The molecule has 1 atom stereocenters. The molecule has 2 aliphatic rings. The van der Waals surface area contributed by atoms with Crippen molar-refractivity contribution in [1.29, 1.82) is 5.41 Å². The summed E-state index contributed by atoms with van der Waals surface area (Å²) in [5.74, 6) is 0.0528. The molecule has 1 aliphatic heterocycles. The van der Waals surface area contributed by atoms with Crippen LogP contribution in [0.2, 0.25) is 0 Å². The van der Waals surface area contributed by atoms with Crippen LogP contribution in [0, 0.1) is 5.41 Å². The standard InChI is InChI=1S/C28H43N5O5S/c1-8-38-26(37)31-23(32(4)24(35)28(15-12-16-28)39(5,6)7)20-17-33(27(2,3)22(20)29)25(36)30-21(18-34)19-13-10-9-11-14-19/h9-11,13-14,21,29,34H,8,12,15-18H2,1-7H3,(H,30,36)(H,31,37)/b23-20+,29-22?/t21-/m1/s1. The van der Waals surface area contributed by atoms with E-state index in [1.54, 1.807) is 27.8 Å². The first kappa shape index (κ1) is 30.5. The monoisotopic (exact) mass is 561 g/mol. The second kappa shape index (κ2) is 11.6. The third-order valence-electron chi connectivity index (χ3n) is 7.98. The van der Waals surface area contributed by atoms with Crippen molar-refractivity contribution in [3.8, 4) is 0 Å². The molecule has 1 aromatic carbocycles. The number of nitrogens with zero attached hydrogens (tertiary/aromatic N) is 2. The van der Waals surface area contributed by atoms with E-state index >= 15 is 0 Å². The summed E-state index contributed by atoms with van der Waals surface area (Å²) >= 11 is 0. The number of rotatable bonds is 8. The number of ether oxygens (including phenoxy) is 1. The molecule has 4 N–H and O–H groups in total. The molecular formula is C28H43N5O5S. The summed E-state index contributed by atoms with van der Waals surface area (Å²) in [6.45, 7) is 5.00. The molecule has 0 spiro atoms. The molecule has 216 valence electrons. The summed E-state index contributed by atoms with van der Waals surface area (Å²) in [6.07, 6.45) is 8.16. The number of carbonyl (C=O) groups excluding carboxylic acids is 3. The van der Waals surface area contributed by atoms with E-state index in [0.29, 0.717) is 5.57 Å². The van der Waals surface area contributed by atoms with Gasteiger partial charge in [0, 0.05) is 12.6 Å². The molecule has 0 aromatic heterocycles. The van der Waals surface area contributed by atoms with Crippen LogP contribution in [-0.2, 0) is 9.53 Å². The van der Waals surface area contributed by atoms with Crippen molar-refractivity contribution in [2.45, 2.75) is 56.4 Å². The Labute approximate surface area is 233 Å². The Morgan fingerprint density at radius 2 is 1.79 bits per heavy atom. The van der Waals surface area contributed by atoms with Gasteiger partial charge in [-0.1, -0.05) is 30.3 Å². The van der Waals surface area contributed by atoms with Gasteiger partial charge in [0.05, 0.1) is 41.8 Å². The first-order chi connectivity index (χ1) is 18.2. The molecule has 2 fully saturated rings. The molecule has 1 heterocycles. The number of aliphatic hydroxyl groups excluding tert-OH is 1. The van der Waals surface area contributed by atoms with Gasteiger partial charge in [0.25, 0.3) is 0 Å². The molecule has 10 nitrogen and oxygen atoms in total. The Balaban J connectivity index is 1.99. The van der Waals surface area contributed by atoms with Crippen LogP contribution in [-0.4, -0.2) is 94.5 Å². The van der Waals surface area contributed by atoms with Gasteiger partial charge in [0.1, 0.15) is 5.82 Å². The zero-order valence-electron chi connectivity index (χ0n) is 24.1. The average molecular weight is 562 g/mol. The van der Waals surface area contributed by atoms with Gasteiger partial charge in [-0.15, -0.1) is 0 Å². The van der Waals surface area contributed by atoms with Gasteiger partial charge in [-0.3, -0.25) is 15.0 Å². The van der Waals surface area contributed by atoms with E-state index in [0.717, 1.165) is 24.8 Å². The van der Waals surface area contributed by atoms with Gasteiger partial charge in [-0.2, -0.15) is 0 Å². The smallest absolute Gasteiger partial charge is 0.412 e. The Hall–Kier alpha value is -3.05. The molecule has 3 rings (SSSR count). The summed E-state index contributed by atoms with van der Waals surface area (Å²) in [6, 6.07) is 8.04. The quantitative estimate of drug-likeness (QED) is 0.385. The zero-order valence-corrected chi connectivity index (χ0v) is 24.9. The van der Waals surface area contributed by atoms with Crippen molar-refractivity contribution >= 4 is 33.8 Å². The number of hydrogen-bond donors (Lipinski definition) is 4. The fraction of sp³-hybridized carbons (Fsp3) is 0.571. The van der Waals surface area contributed by atoms with E-state index < -0.39 is 38.5 Å². The number of carbonyl (C=O) groups is 3. The van der Waals surface area contributed by atoms with Crippen LogP contribution < -0.4 is 10.6 Å². The molecule has 1 saturated heterocycles. The Kier molecular flexibility index (Phi) is 9.06. The maximum absolute atomic E-state index is 14.0. The van der Waals surface area contributed by atoms with Crippen LogP contribution in [0.4, 0.5) is 9.59 Å². The van der Waals surface area contributed by atoms with Crippen LogP contribution in [0.15, 0.2) is 41.7 Å². The number of aliphatic hydroxyl groups is 1. The molecule has 39 heavy (non-hydrogen) atoms. The van der Waals surface area contributed by atoms with Crippen molar-refractivity contribution in [3.05, 3.63) is 47.3 Å². The van der Waals surface area contributed by atoms with E-state index in [9.17, 15) is 19.5 Å². The second-order valence-corrected chi connectivity index (χ2v) is 15.8. The molecule has 1 aromatic rings. The van der Waals surface area contributed by atoms with Crippen molar-refractivity contribution in [3.63, 3.8) is 0 Å². The third-order valence-corrected chi connectivity index (χ3v) is 10.9. The topological polar surface area (TPSA) is 135 Å². The van der Waals surface area contributed by atoms with Crippen LogP contribution in [0.5, 0.6) is 0 Å². The first-order valence-corrected chi connectivity index (χ1v) is 16.0. The minimum atomic E-state index is -1.28. The molecule has 1 aliphatic carbocycles. The number of amides is 4. The zero-order chi connectivity index (χ0) is 29.2. The average Bonchev–Trinajstić information content (AvgIpc) is 3.08. The second-order valence-electron chi connectivity index (χ2n) is 11.3. The maximum Gasteiger partial charge on any atom is 0.412 e. The van der Waals surface area contributed by atoms with Gasteiger partial charge in [-0.05, 0) is 64.4 Å². The number of nitrogens with one attached hydrogen (secondary N) is 3. The Morgan fingerprint density at radius 3 is 2.28 bits per heavy atom. The molecular weight excluding hydrogens is 518 g/mol. The number of benzene rings is 1. The summed E-state index contributed by atoms with van der Waals surface area (Å²) in [5, 5.41) is 24.6. The van der Waals surface area contributed by atoms with Crippen LogP contribution >= 0.6 is 10.0 Å². The predicted molar refractivity (Wildman–Crippen MR) is 155 cm³/mol. The van der Waals surface area contributed by atoms with Crippen molar-refractivity contribution in [2.24, 2.45) is 0 Å². The van der Waals surface area contributed by atoms with Gasteiger partial charge >= 0.3 is 12.1 Å². The van der Waals surface area contributed by atoms with Crippen LogP contribution in [0.1, 0.15) is 51.6 Å². The van der Waals surface area contributed by atoms with E-state index in [1.807, 2.05) is 30.3 Å². The molecule has 0 bridgehead atoms. The number of alkyl carbamates (subject to hydrolysis) is 1. The fourth-order valence-electron chi connectivity index (χ4n) is 5.22. The van der Waals surface area contributed by atoms with Gasteiger partial charge in [0.2, 0.25) is 5.91 Å². The van der Waals surface area contributed by atoms with Gasteiger partial charge < -0.3 is 25.5 Å². The lowest BCUT2D eigenvalue weighted by Crippen LogP contribution is -2.56. The lowest BCUT2D eigenvalue weighted by Gasteiger charge is -2.54. The molecule has 4 amide bonds. The maximum atomic E-state index is 14.0. The summed E-state index contributed by atoms with van der Waals surface area (Å²) in [5.41, 5.74) is 0.167. The normalized spacial score (nSPS) is 20.4. The lowest BCUT2D eigenvalue weighted by atomic mass is 9.83. The van der Waals surface area contributed by atoms with Crippen LogP contribution in [0.25, 0.3) is 0 Å². The molecule has 0 radical (unpaired) electrons. The third kappa shape index (κ3) is 5.79. The van der Waals surface area contributed by atoms with Crippen molar-refractivity contribution in [1.82, 2.24) is 20.4 Å². The highest BCUT2D eigenvalue weighted by molar-refractivity contribution is 8.33. The molecule has 11 heteroatoms. The van der Waals surface area contributed by atoms with E-state index in [2.05, 4.69) is 29.4 Å². The summed E-state index contributed by atoms with van der Waals surface area (Å²) < 4.78 is 4.61. The van der Waals surface area contributed by atoms with E-state index in [-0.39, 0.29) is 37.2 Å². The lowest BCUT2D eigenvalue weighted by molar-refractivity contribution is -0.133. The Bertz CT molecular complexity index is 1140. The Morgan fingerprint density at radius 1 is 1.18 bits per heavy atom. The fourth-order valence-corrected chi connectivity index (χ4v) is 7.40. The SMILES string of the molecule is CCOC(=O)N/C(=C1/CN(C(=O)N[C@H](CO)c2ccccc2)C(C)(C)C1=N)N(C)C(=O)C1(S(C)(C)C)CCC1. The van der Waals surface area contributed by atoms with E-state index in [1.165, 1.54) is 9.80 Å². The molecule has 1 saturated carbocycles. The van der Waals surface area contributed by atoms with E-state index in [4.69, 9.17) is 10.1 Å². The minimum Gasteiger partial charge on any atom is -0.450 e. The highest BCUT2D eigenvalue weighted by Crippen LogP contribution is 2.61. The number of likely N-dealkylation sites (tertiary alicyclic amines) is 1. The van der Waals surface area contributed by atoms with Crippen molar-refractivity contribution < 1.29 is 24.2 Å². The van der Waals surface area contributed by atoms with Gasteiger partial charge in [-0.25, -0.2) is 19.6 Å². The highest BCUT2D eigenvalue weighted by atomic mass is 32.3. The first-order valence-electron chi connectivity index (χ1n) is 13.2. The summed E-state index contributed by atoms with van der Waals surface area (Å²) in [7, 11) is 0.333. The summed E-state index contributed by atoms with van der Waals surface area (Å²) in [4.78, 5) is 43.0. The van der Waals surface area contributed by atoms with Gasteiger partial charge in [0.15, 0.2) is 0 Å².